The molecule has 0 aromatic heterocycles. The molecule has 0 saturated carbocycles. The van der Waals surface area contributed by atoms with E-state index in [9.17, 15) is 13.2 Å². The Labute approximate surface area is 163 Å². The minimum atomic E-state index is -3.12. The fraction of sp³-hybridized carbons (Fsp3) is 0.316. The first-order valence-electron chi connectivity index (χ1n) is 8.27. The summed E-state index contributed by atoms with van der Waals surface area (Å²) in [6.45, 7) is 2.15. The maximum atomic E-state index is 13.1. The molecule has 0 bridgehead atoms. The van der Waals surface area contributed by atoms with Crippen molar-refractivity contribution in [2.75, 3.05) is 11.5 Å². The predicted octanol–water partition coefficient (Wildman–Crippen LogP) is 4.13. The second-order valence-electron chi connectivity index (χ2n) is 6.60. The lowest BCUT2D eigenvalue weighted by atomic mass is 10.1. The van der Waals surface area contributed by atoms with E-state index in [1.165, 1.54) is 0 Å². The number of rotatable bonds is 4. The van der Waals surface area contributed by atoms with Gasteiger partial charge in [-0.1, -0.05) is 47.0 Å². The third-order valence-electron chi connectivity index (χ3n) is 4.53. The fourth-order valence-corrected chi connectivity index (χ4v) is 5.36. The van der Waals surface area contributed by atoms with Crippen molar-refractivity contribution >= 4 is 38.9 Å². The zero-order chi connectivity index (χ0) is 18.9. The van der Waals surface area contributed by atoms with E-state index in [1.807, 2.05) is 25.1 Å². The molecule has 138 valence electrons. The summed E-state index contributed by atoms with van der Waals surface area (Å²) in [4.78, 5) is 14.8. The first-order chi connectivity index (χ1) is 12.2. The highest BCUT2D eigenvalue weighted by Gasteiger charge is 2.35. The number of nitrogens with zero attached hydrogens (tertiary/aromatic N) is 1. The van der Waals surface area contributed by atoms with Crippen molar-refractivity contribution in [1.29, 1.82) is 0 Å². The molecule has 26 heavy (non-hydrogen) atoms. The van der Waals surface area contributed by atoms with Crippen molar-refractivity contribution in [3.63, 3.8) is 0 Å². The first-order valence-corrected chi connectivity index (χ1v) is 10.8. The van der Waals surface area contributed by atoms with Gasteiger partial charge in [0.2, 0.25) is 0 Å². The molecule has 1 aliphatic heterocycles. The topological polar surface area (TPSA) is 54.5 Å². The van der Waals surface area contributed by atoms with Gasteiger partial charge < -0.3 is 4.90 Å². The SMILES string of the molecule is Cc1cccc(C(=O)N(Cc2ccc(Cl)cc2Cl)[C@@H]2CCS(=O)(=O)C2)c1. The molecule has 1 aliphatic rings. The molecule has 0 unspecified atom stereocenters. The van der Waals surface area contributed by atoms with Crippen molar-refractivity contribution in [3.05, 3.63) is 69.2 Å². The summed E-state index contributed by atoms with van der Waals surface area (Å²) in [5.41, 5.74) is 2.25. The van der Waals surface area contributed by atoms with Crippen LogP contribution < -0.4 is 0 Å². The molecule has 0 radical (unpaired) electrons. The van der Waals surface area contributed by atoms with Crippen LogP contribution in [0.2, 0.25) is 10.0 Å². The molecule has 1 atom stereocenters. The van der Waals surface area contributed by atoms with Gasteiger partial charge in [0.15, 0.2) is 9.84 Å². The normalized spacial score (nSPS) is 18.7. The zero-order valence-corrected chi connectivity index (χ0v) is 16.6. The summed E-state index contributed by atoms with van der Waals surface area (Å²) in [6, 6.07) is 12.0. The fourth-order valence-electron chi connectivity index (χ4n) is 3.17. The Hall–Kier alpha value is -1.56. The summed E-state index contributed by atoms with van der Waals surface area (Å²) in [5, 5.41) is 0.971. The molecular weight excluding hydrogens is 393 g/mol. The number of halogens is 2. The molecule has 0 N–H and O–H groups in total. The molecule has 3 rings (SSSR count). The smallest absolute Gasteiger partial charge is 0.254 e. The van der Waals surface area contributed by atoms with Gasteiger partial charge in [0, 0.05) is 28.2 Å². The average molecular weight is 412 g/mol. The number of carbonyl (C=O) groups is 1. The van der Waals surface area contributed by atoms with Crippen LogP contribution >= 0.6 is 23.2 Å². The average Bonchev–Trinajstić information content (AvgIpc) is 2.93. The van der Waals surface area contributed by atoms with Crippen LogP contribution in [0.25, 0.3) is 0 Å². The number of hydrogen-bond acceptors (Lipinski definition) is 3. The Kier molecular flexibility index (Phi) is 5.61. The maximum Gasteiger partial charge on any atom is 0.254 e. The summed E-state index contributed by atoms with van der Waals surface area (Å²) in [7, 11) is -3.12. The quantitative estimate of drug-likeness (QED) is 0.759. The van der Waals surface area contributed by atoms with Crippen LogP contribution in [0.1, 0.15) is 27.9 Å². The van der Waals surface area contributed by atoms with E-state index >= 15 is 0 Å². The van der Waals surface area contributed by atoms with Gasteiger partial charge in [0.25, 0.3) is 5.91 Å². The van der Waals surface area contributed by atoms with Crippen LogP contribution in [-0.4, -0.2) is 36.8 Å². The highest BCUT2D eigenvalue weighted by Crippen LogP contribution is 2.27. The van der Waals surface area contributed by atoms with E-state index in [2.05, 4.69) is 0 Å². The lowest BCUT2D eigenvalue weighted by Crippen LogP contribution is -2.40. The van der Waals surface area contributed by atoms with Gasteiger partial charge in [0.1, 0.15) is 0 Å². The minimum absolute atomic E-state index is 0.0181. The van der Waals surface area contributed by atoms with E-state index in [-0.39, 0.29) is 30.0 Å². The molecule has 0 aliphatic carbocycles. The van der Waals surface area contributed by atoms with Crippen molar-refractivity contribution in [2.24, 2.45) is 0 Å². The molecule has 1 fully saturated rings. The zero-order valence-electron chi connectivity index (χ0n) is 14.3. The second kappa shape index (κ2) is 7.59. The summed E-state index contributed by atoms with van der Waals surface area (Å²) < 4.78 is 23.9. The molecule has 1 heterocycles. The highest BCUT2D eigenvalue weighted by atomic mass is 35.5. The Bertz CT molecular complexity index is 944. The summed E-state index contributed by atoms with van der Waals surface area (Å²) in [5.74, 6) is -0.110. The van der Waals surface area contributed by atoms with Crippen molar-refractivity contribution in [3.8, 4) is 0 Å². The van der Waals surface area contributed by atoms with Crippen LogP contribution in [0.15, 0.2) is 42.5 Å². The van der Waals surface area contributed by atoms with E-state index in [4.69, 9.17) is 23.2 Å². The van der Waals surface area contributed by atoms with Gasteiger partial charge in [-0.25, -0.2) is 8.42 Å². The van der Waals surface area contributed by atoms with E-state index < -0.39 is 9.84 Å². The van der Waals surface area contributed by atoms with E-state index in [1.54, 1.807) is 29.2 Å². The van der Waals surface area contributed by atoms with Gasteiger partial charge in [-0.15, -0.1) is 0 Å². The lowest BCUT2D eigenvalue weighted by Gasteiger charge is -2.29. The lowest BCUT2D eigenvalue weighted by molar-refractivity contribution is 0.0681. The van der Waals surface area contributed by atoms with Gasteiger partial charge in [-0.05, 0) is 43.2 Å². The number of sulfone groups is 1. The van der Waals surface area contributed by atoms with Gasteiger partial charge in [0.05, 0.1) is 11.5 Å². The minimum Gasteiger partial charge on any atom is -0.330 e. The summed E-state index contributed by atoms with van der Waals surface area (Å²) in [6.07, 6.45) is 0.436. The second-order valence-corrected chi connectivity index (χ2v) is 9.67. The van der Waals surface area contributed by atoms with Crippen LogP contribution in [0.4, 0.5) is 0 Å². The number of benzene rings is 2. The van der Waals surface area contributed by atoms with E-state index in [0.717, 1.165) is 11.1 Å². The third kappa shape index (κ3) is 4.40. The molecule has 2 aromatic rings. The standard InChI is InChI=1S/C19H19Cl2NO3S/c1-13-3-2-4-14(9-13)19(23)22(17-7-8-26(24,25)12-17)11-15-5-6-16(20)10-18(15)21/h2-6,9-10,17H,7-8,11-12H2,1H3/t17-/m1/s1. The van der Waals surface area contributed by atoms with Crippen LogP contribution in [0.3, 0.4) is 0 Å². The molecule has 1 amide bonds. The Morgan fingerprint density at radius 1 is 1.19 bits per heavy atom. The van der Waals surface area contributed by atoms with Crippen LogP contribution in [0.5, 0.6) is 0 Å². The Morgan fingerprint density at radius 3 is 2.58 bits per heavy atom. The molecule has 7 heteroatoms. The predicted molar refractivity (Wildman–Crippen MR) is 105 cm³/mol. The van der Waals surface area contributed by atoms with Crippen molar-refractivity contribution in [1.82, 2.24) is 4.90 Å². The number of carbonyl (C=O) groups excluding carboxylic acids is 1. The largest absolute Gasteiger partial charge is 0.330 e. The maximum absolute atomic E-state index is 13.1. The highest BCUT2D eigenvalue weighted by molar-refractivity contribution is 7.91. The number of aryl methyl sites for hydroxylation is 1. The molecule has 0 spiro atoms. The summed E-state index contributed by atoms with van der Waals surface area (Å²) >= 11 is 12.2. The third-order valence-corrected chi connectivity index (χ3v) is 6.87. The first kappa shape index (κ1) is 19.2. The molecule has 1 saturated heterocycles. The van der Waals surface area contributed by atoms with Crippen molar-refractivity contribution < 1.29 is 13.2 Å². The van der Waals surface area contributed by atoms with Gasteiger partial charge >= 0.3 is 0 Å². The Balaban J connectivity index is 1.95. The van der Waals surface area contributed by atoms with Gasteiger partial charge in [-0.3, -0.25) is 4.79 Å². The number of amides is 1. The molecule has 4 nitrogen and oxygen atoms in total. The Morgan fingerprint density at radius 2 is 1.96 bits per heavy atom. The van der Waals surface area contributed by atoms with Gasteiger partial charge in [-0.2, -0.15) is 0 Å². The van der Waals surface area contributed by atoms with Crippen LogP contribution in [-0.2, 0) is 16.4 Å². The van der Waals surface area contributed by atoms with E-state index in [0.29, 0.717) is 22.0 Å². The monoisotopic (exact) mass is 411 g/mol. The van der Waals surface area contributed by atoms with Crippen LogP contribution in [0, 0.1) is 6.92 Å². The number of hydrogen-bond donors (Lipinski definition) is 0. The van der Waals surface area contributed by atoms with Crippen molar-refractivity contribution in [2.45, 2.75) is 25.9 Å². The molecular formula is C19H19Cl2NO3S. The molecule has 2 aromatic carbocycles.